The summed E-state index contributed by atoms with van der Waals surface area (Å²) in [7, 11) is 0. The van der Waals surface area contributed by atoms with Gasteiger partial charge in [0.05, 0.1) is 11.5 Å². The van der Waals surface area contributed by atoms with E-state index in [9.17, 15) is 0 Å². The van der Waals surface area contributed by atoms with Crippen LogP contribution in [-0.2, 0) is 12.8 Å². The van der Waals surface area contributed by atoms with Crippen molar-refractivity contribution in [3.63, 3.8) is 0 Å². The first-order valence-corrected chi connectivity index (χ1v) is 7.30. The van der Waals surface area contributed by atoms with Crippen molar-refractivity contribution in [3.8, 4) is 6.07 Å². The smallest absolute Gasteiger partial charge is 0.0683 e. The molecule has 2 nitrogen and oxygen atoms in total. The molecule has 0 unspecified atom stereocenters. The summed E-state index contributed by atoms with van der Waals surface area (Å²) in [5.74, 6) is 0. The van der Waals surface area contributed by atoms with Gasteiger partial charge in [0.2, 0.25) is 0 Å². The van der Waals surface area contributed by atoms with Crippen LogP contribution in [0.3, 0.4) is 0 Å². The molecule has 0 aliphatic rings. The monoisotopic (exact) mass is 258 g/mol. The van der Waals surface area contributed by atoms with Gasteiger partial charge in [-0.1, -0.05) is 32.0 Å². The highest BCUT2D eigenvalue weighted by molar-refractivity contribution is 5.57. The number of nitrogens with one attached hydrogen (secondary N) is 1. The lowest BCUT2D eigenvalue weighted by molar-refractivity contribution is 0.441. The van der Waals surface area contributed by atoms with Crippen LogP contribution >= 0.6 is 0 Å². The highest BCUT2D eigenvalue weighted by Gasteiger charge is 2.15. The summed E-state index contributed by atoms with van der Waals surface area (Å²) in [5.41, 5.74) is 3.87. The summed E-state index contributed by atoms with van der Waals surface area (Å²) in [6, 6.07) is 8.89. The van der Waals surface area contributed by atoms with Crippen molar-refractivity contribution in [1.82, 2.24) is 0 Å². The molecule has 0 aliphatic carbocycles. The minimum atomic E-state index is -0.209. The molecule has 0 radical (unpaired) electrons. The van der Waals surface area contributed by atoms with E-state index in [4.69, 9.17) is 5.26 Å². The topological polar surface area (TPSA) is 35.8 Å². The largest absolute Gasteiger partial charge is 0.385 e. The second-order valence-corrected chi connectivity index (χ2v) is 5.68. The fourth-order valence-corrected chi connectivity index (χ4v) is 2.27. The SMILES string of the molecule is CCc1cccc(CC)c1NCCCC(C)(C)C#N. The Hall–Kier alpha value is -1.49. The highest BCUT2D eigenvalue weighted by atomic mass is 14.9. The quantitative estimate of drug-likeness (QED) is 0.728. The lowest BCUT2D eigenvalue weighted by Crippen LogP contribution is -2.12. The highest BCUT2D eigenvalue weighted by Crippen LogP contribution is 2.24. The molecule has 0 saturated heterocycles. The predicted molar refractivity (Wildman–Crippen MR) is 82.3 cm³/mol. The number of anilines is 1. The number of aryl methyl sites for hydroxylation is 2. The molecule has 0 aromatic heterocycles. The van der Waals surface area contributed by atoms with Gasteiger partial charge in [-0.2, -0.15) is 5.26 Å². The van der Waals surface area contributed by atoms with E-state index < -0.39 is 0 Å². The summed E-state index contributed by atoms with van der Waals surface area (Å²) < 4.78 is 0. The van der Waals surface area contributed by atoms with Crippen molar-refractivity contribution in [2.45, 2.75) is 53.4 Å². The van der Waals surface area contributed by atoms with E-state index in [1.165, 1.54) is 16.8 Å². The Bertz CT molecular complexity index is 419. The van der Waals surface area contributed by atoms with E-state index >= 15 is 0 Å². The van der Waals surface area contributed by atoms with Gasteiger partial charge in [-0.05, 0) is 50.7 Å². The number of nitrogens with zero attached hydrogens (tertiary/aromatic N) is 1. The summed E-state index contributed by atoms with van der Waals surface area (Å²) in [4.78, 5) is 0. The number of benzene rings is 1. The van der Waals surface area contributed by atoms with Gasteiger partial charge in [-0.25, -0.2) is 0 Å². The molecule has 0 amide bonds. The Morgan fingerprint density at radius 2 is 1.74 bits per heavy atom. The third-order valence-electron chi connectivity index (χ3n) is 3.58. The van der Waals surface area contributed by atoms with Crippen LogP contribution in [0.25, 0.3) is 0 Å². The molecule has 1 aromatic rings. The normalized spacial score (nSPS) is 11.1. The van der Waals surface area contributed by atoms with Gasteiger partial charge in [0.25, 0.3) is 0 Å². The number of rotatable bonds is 7. The fraction of sp³-hybridized carbons (Fsp3) is 0.588. The van der Waals surface area contributed by atoms with Crippen LogP contribution in [0.2, 0.25) is 0 Å². The van der Waals surface area contributed by atoms with Crippen molar-refractivity contribution in [1.29, 1.82) is 5.26 Å². The average Bonchev–Trinajstić information content (AvgIpc) is 2.43. The molecule has 0 spiro atoms. The lowest BCUT2D eigenvalue weighted by atomic mass is 9.90. The van der Waals surface area contributed by atoms with Crippen LogP contribution in [0, 0.1) is 16.7 Å². The second-order valence-electron chi connectivity index (χ2n) is 5.68. The van der Waals surface area contributed by atoms with Crippen molar-refractivity contribution in [2.24, 2.45) is 5.41 Å². The van der Waals surface area contributed by atoms with Gasteiger partial charge < -0.3 is 5.32 Å². The van der Waals surface area contributed by atoms with Crippen LogP contribution < -0.4 is 5.32 Å². The zero-order valence-corrected chi connectivity index (χ0v) is 12.7. The van der Waals surface area contributed by atoms with E-state index in [2.05, 4.69) is 43.4 Å². The Morgan fingerprint density at radius 1 is 1.16 bits per heavy atom. The average molecular weight is 258 g/mol. The van der Waals surface area contributed by atoms with Gasteiger partial charge in [0, 0.05) is 12.2 Å². The number of hydrogen-bond donors (Lipinski definition) is 1. The van der Waals surface area contributed by atoms with Crippen LogP contribution in [0.1, 0.15) is 51.7 Å². The predicted octanol–water partition coefficient (Wildman–Crippen LogP) is 4.55. The Morgan fingerprint density at radius 3 is 2.21 bits per heavy atom. The third kappa shape index (κ3) is 4.59. The molecular formula is C17H26N2. The molecule has 1 rings (SSSR count). The fourth-order valence-electron chi connectivity index (χ4n) is 2.27. The third-order valence-corrected chi connectivity index (χ3v) is 3.58. The molecule has 2 heteroatoms. The van der Waals surface area contributed by atoms with Gasteiger partial charge in [0.1, 0.15) is 0 Å². The first-order valence-electron chi connectivity index (χ1n) is 7.30. The second kappa shape index (κ2) is 7.19. The lowest BCUT2D eigenvalue weighted by Gasteiger charge is -2.18. The Balaban J connectivity index is 2.60. The zero-order chi connectivity index (χ0) is 14.3. The minimum Gasteiger partial charge on any atom is -0.385 e. The maximum absolute atomic E-state index is 9.00. The van der Waals surface area contributed by atoms with Gasteiger partial charge >= 0.3 is 0 Å². The number of hydrogen-bond acceptors (Lipinski definition) is 2. The summed E-state index contributed by atoms with van der Waals surface area (Å²) in [6.07, 6.45) is 4.08. The maximum Gasteiger partial charge on any atom is 0.0683 e. The number of nitriles is 1. The van der Waals surface area contributed by atoms with Crippen molar-refractivity contribution in [3.05, 3.63) is 29.3 Å². The van der Waals surface area contributed by atoms with Crippen molar-refractivity contribution in [2.75, 3.05) is 11.9 Å². The van der Waals surface area contributed by atoms with Crippen LogP contribution in [0.4, 0.5) is 5.69 Å². The van der Waals surface area contributed by atoms with Crippen molar-refractivity contribution < 1.29 is 0 Å². The summed E-state index contributed by atoms with van der Waals surface area (Å²) in [6.45, 7) is 9.33. The van der Waals surface area contributed by atoms with Crippen LogP contribution in [-0.4, -0.2) is 6.54 Å². The van der Waals surface area contributed by atoms with E-state index in [1.54, 1.807) is 0 Å². The molecule has 0 fully saturated rings. The summed E-state index contributed by atoms with van der Waals surface area (Å²) >= 11 is 0. The summed E-state index contributed by atoms with van der Waals surface area (Å²) in [5, 5.41) is 12.6. The molecule has 1 N–H and O–H groups in total. The molecule has 19 heavy (non-hydrogen) atoms. The number of para-hydroxylation sites is 1. The van der Waals surface area contributed by atoms with Crippen LogP contribution in [0.15, 0.2) is 18.2 Å². The van der Waals surface area contributed by atoms with Gasteiger partial charge in [-0.15, -0.1) is 0 Å². The Kier molecular flexibility index (Phi) is 5.89. The van der Waals surface area contributed by atoms with Crippen LogP contribution in [0.5, 0.6) is 0 Å². The van der Waals surface area contributed by atoms with E-state index in [-0.39, 0.29) is 5.41 Å². The molecular weight excluding hydrogens is 232 g/mol. The molecule has 104 valence electrons. The molecule has 0 bridgehead atoms. The Labute approximate surface area is 117 Å². The van der Waals surface area contributed by atoms with E-state index in [0.29, 0.717) is 0 Å². The molecule has 1 aromatic carbocycles. The first-order chi connectivity index (χ1) is 9.04. The van der Waals surface area contributed by atoms with E-state index in [0.717, 1.165) is 32.2 Å². The first kappa shape index (κ1) is 15.6. The van der Waals surface area contributed by atoms with E-state index in [1.807, 2.05) is 13.8 Å². The standard InChI is InChI=1S/C17H26N2/c1-5-14-9-7-10-15(6-2)16(14)19-12-8-11-17(3,4)13-18/h7,9-10,19H,5-6,8,11-12H2,1-4H3. The maximum atomic E-state index is 9.00. The molecule has 0 saturated carbocycles. The van der Waals surface area contributed by atoms with Gasteiger partial charge in [0.15, 0.2) is 0 Å². The van der Waals surface area contributed by atoms with Crippen molar-refractivity contribution >= 4 is 5.69 Å². The molecule has 0 atom stereocenters. The zero-order valence-electron chi connectivity index (χ0n) is 12.7. The molecule has 0 heterocycles. The van der Waals surface area contributed by atoms with Gasteiger partial charge in [-0.3, -0.25) is 0 Å². The molecule has 0 aliphatic heterocycles. The minimum absolute atomic E-state index is 0.209.